The molecule has 1 N–H and O–H groups in total. The SMILES string of the molecule is COc1cc(C(=O)O)ccc1OCCCN1C(=O)/C(=C/c2cc(-c3ccc(Cl)cc3Cl)ccc2OCCCN2CCOCC2)SC1=S. The van der Waals surface area contributed by atoms with E-state index >= 15 is 0 Å². The second-order valence-electron chi connectivity index (χ2n) is 10.7. The summed E-state index contributed by atoms with van der Waals surface area (Å²) in [5.74, 6) is 0.139. The Bertz CT molecular complexity index is 1660. The minimum atomic E-state index is -1.06. The van der Waals surface area contributed by atoms with E-state index in [4.69, 9.17) is 54.4 Å². The highest BCUT2D eigenvalue weighted by molar-refractivity contribution is 8.26. The molecule has 0 bridgehead atoms. The maximum atomic E-state index is 13.5. The minimum Gasteiger partial charge on any atom is -0.493 e. The van der Waals surface area contributed by atoms with Crippen LogP contribution >= 0.6 is 47.2 Å². The molecule has 2 heterocycles. The van der Waals surface area contributed by atoms with Gasteiger partial charge in [0, 0.05) is 47.4 Å². The summed E-state index contributed by atoms with van der Waals surface area (Å²) >= 11 is 19.5. The Morgan fingerprint density at radius 2 is 1.70 bits per heavy atom. The zero-order valence-electron chi connectivity index (χ0n) is 25.7. The van der Waals surface area contributed by atoms with Gasteiger partial charge in [0.1, 0.15) is 10.1 Å². The molecular weight excluding hydrogens is 683 g/mol. The summed E-state index contributed by atoms with van der Waals surface area (Å²) in [4.78, 5) is 29.2. The molecular formula is C34H34Cl2N2O7S2. The van der Waals surface area contributed by atoms with Gasteiger partial charge in [-0.25, -0.2) is 4.79 Å². The smallest absolute Gasteiger partial charge is 0.335 e. The van der Waals surface area contributed by atoms with Gasteiger partial charge in [-0.15, -0.1) is 0 Å². The molecule has 2 fully saturated rings. The van der Waals surface area contributed by atoms with Crippen LogP contribution in [0.2, 0.25) is 10.0 Å². The van der Waals surface area contributed by atoms with Crippen LogP contribution in [0.3, 0.4) is 0 Å². The van der Waals surface area contributed by atoms with Gasteiger partial charge < -0.3 is 24.1 Å². The zero-order chi connectivity index (χ0) is 33.3. The van der Waals surface area contributed by atoms with Crippen molar-refractivity contribution < 1.29 is 33.6 Å². The number of methoxy groups -OCH3 is 1. The first-order chi connectivity index (χ1) is 22.7. The number of thioether (sulfide) groups is 1. The number of hydrogen-bond donors (Lipinski definition) is 1. The summed E-state index contributed by atoms with van der Waals surface area (Å²) in [6, 6.07) is 15.6. The molecule has 0 aromatic heterocycles. The van der Waals surface area contributed by atoms with Crippen LogP contribution in [-0.2, 0) is 9.53 Å². The number of hydrogen-bond acceptors (Lipinski definition) is 9. The topological polar surface area (TPSA) is 97.8 Å². The van der Waals surface area contributed by atoms with Gasteiger partial charge in [0.2, 0.25) is 0 Å². The monoisotopic (exact) mass is 716 g/mol. The summed E-state index contributed by atoms with van der Waals surface area (Å²) in [5.41, 5.74) is 2.51. The quantitative estimate of drug-likeness (QED) is 0.105. The molecule has 3 aromatic carbocycles. The zero-order valence-corrected chi connectivity index (χ0v) is 28.9. The normalized spacial score (nSPS) is 16.1. The molecule has 2 aliphatic heterocycles. The summed E-state index contributed by atoms with van der Waals surface area (Å²) in [6.45, 7) is 5.40. The highest BCUT2D eigenvalue weighted by atomic mass is 35.5. The molecule has 0 unspecified atom stereocenters. The van der Waals surface area contributed by atoms with E-state index in [0.717, 1.165) is 56.0 Å². The summed E-state index contributed by atoms with van der Waals surface area (Å²) < 4.78 is 23.2. The second-order valence-corrected chi connectivity index (χ2v) is 13.3. The van der Waals surface area contributed by atoms with Gasteiger partial charge in [0.15, 0.2) is 11.5 Å². The molecule has 0 atom stereocenters. The van der Waals surface area contributed by atoms with Crippen LogP contribution in [0.15, 0.2) is 59.5 Å². The summed E-state index contributed by atoms with van der Waals surface area (Å²) in [5, 5.41) is 10.3. The molecule has 2 saturated heterocycles. The van der Waals surface area contributed by atoms with Crippen molar-refractivity contribution in [3.05, 3.63) is 80.7 Å². The second kappa shape index (κ2) is 16.7. The van der Waals surface area contributed by atoms with Gasteiger partial charge in [-0.3, -0.25) is 14.6 Å². The first-order valence-corrected chi connectivity index (χ1v) is 17.0. The van der Waals surface area contributed by atoms with E-state index in [9.17, 15) is 14.7 Å². The Balaban J connectivity index is 1.27. The fraction of sp³-hybridized carbons (Fsp3) is 0.324. The van der Waals surface area contributed by atoms with E-state index < -0.39 is 5.97 Å². The third-order valence-corrected chi connectivity index (χ3v) is 9.51. The maximum Gasteiger partial charge on any atom is 0.335 e. The molecule has 9 nitrogen and oxygen atoms in total. The Labute approximate surface area is 293 Å². The molecule has 0 radical (unpaired) electrons. The van der Waals surface area contributed by atoms with Crippen molar-refractivity contribution in [2.75, 3.05) is 59.7 Å². The highest BCUT2D eigenvalue weighted by Gasteiger charge is 2.32. The molecule has 0 aliphatic carbocycles. The summed E-state index contributed by atoms with van der Waals surface area (Å²) in [6.07, 6.45) is 3.16. The highest BCUT2D eigenvalue weighted by Crippen LogP contribution is 2.38. The Morgan fingerprint density at radius 1 is 0.979 bits per heavy atom. The Hall–Kier alpha value is -3.32. The van der Waals surface area contributed by atoms with Crippen LogP contribution in [0.4, 0.5) is 0 Å². The third-order valence-electron chi connectivity index (χ3n) is 7.59. The average molecular weight is 718 g/mol. The van der Waals surface area contributed by atoms with E-state index in [1.807, 2.05) is 30.3 Å². The predicted octanol–water partition coefficient (Wildman–Crippen LogP) is 7.14. The largest absolute Gasteiger partial charge is 0.493 e. The molecule has 5 rings (SSSR count). The third kappa shape index (κ3) is 9.19. The van der Waals surface area contributed by atoms with E-state index in [0.29, 0.717) is 56.1 Å². The predicted molar refractivity (Wildman–Crippen MR) is 189 cm³/mol. The number of thiocarbonyl (C=S) groups is 1. The van der Waals surface area contributed by atoms with Crippen molar-refractivity contribution >= 4 is 69.5 Å². The van der Waals surface area contributed by atoms with E-state index in [1.54, 1.807) is 23.1 Å². The number of aromatic carboxylic acids is 1. The van der Waals surface area contributed by atoms with Gasteiger partial charge in [0.25, 0.3) is 5.91 Å². The van der Waals surface area contributed by atoms with E-state index in [2.05, 4.69) is 4.90 Å². The number of halogens is 2. The van der Waals surface area contributed by atoms with Crippen molar-refractivity contribution in [2.45, 2.75) is 12.8 Å². The molecule has 3 aromatic rings. The Morgan fingerprint density at radius 3 is 2.43 bits per heavy atom. The Kier molecular flexibility index (Phi) is 12.4. The number of rotatable bonds is 14. The van der Waals surface area contributed by atoms with Crippen LogP contribution in [0.5, 0.6) is 17.2 Å². The average Bonchev–Trinajstić information content (AvgIpc) is 3.33. The fourth-order valence-corrected chi connectivity index (χ4v) is 6.95. The fourth-order valence-electron chi connectivity index (χ4n) is 5.14. The van der Waals surface area contributed by atoms with Crippen molar-refractivity contribution in [3.8, 4) is 28.4 Å². The maximum absolute atomic E-state index is 13.5. The number of ether oxygens (including phenoxy) is 4. The van der Waals surface area contributed by atoms with Gasteiger partial charge in [-0.1, -0.05) is 59.3 Å². The number of carbonyl (C=O) groups excluding carboxylic acids is 1. The lowest BCUT2D eigenvalue weighted by Gasteiger charge is -2.26. The minimum absolute atomic E-state index is 0.0990. The molecule has 0 saturated carbocycles. The van der Waals surface area contributed by atoms with Gasteiger partial charge in [-0.05, 0) is 66.9 Å². The van der Waals surface area contributed by atoms with E-state index in [-0.39, 0.29) is 18.1 Å². The van der Waals surface area contributed by atoms with Crippen molar-refractivity contribution in [1.29, 1.82) is 0 Å². The lowest BCUT2D eigenvalue weighted by atomic mass is 10.0. The lowest BCUT2D eigenvalue weighted by Crippen LogP contribution is -2.37. The number of carboxylic acids is 1. The van der Waals surface area contributed by atoms with Gasteiger partial charge >= 0.3 is 5.97 Å². The van der Waals surface area contributed by atoms with Gasteiger partial charge in [-0.2, -0.15) is 0 Å². The van der Waals surface area contributed by atoms with Crippen LogP contribution in [0, 0.1) is 0 Å². The number of carboxylic acid groups (broad SMARTS) is 1. The van der Waals surface area contributed by atoms with Gasteiger partial charge in [0.05, 0.1) is 44.0 Å². The van der Waals surface area contributed by atoms with Crippen molar-refractivity contribution in [2.24, 2.45) is 0 Å². The standard InChI is InChI=1S/C34H34Cl2N2O7S2/c1-42-30-19-23(33(40)41)5-9-29(30)45-15-3-11-38-32(39)31(47-34(38)46)20-24-18-22(26-7-6-25(35)21-27(26)36)4-8-28(24)44-14-2-10-37-12-16-43-17-13-37/h4-9,18-21H,2-3,10-17H2,1H3,(H,40,41)/b31-20-. The van der Waals surface area contributed by atoms with Crippen LogP contribution in [0.25, 0.3) is 17.2 Å². The number of nitrogens with zero attached hydrogens (tertiary/aromatic N) is 2. The van der Waals surface area contributed by atoms with E-state index in [1.165, 1.54) is 31.0 Å². The number of benzene rings is 3. The first kappa shape index (κ1) is 35.0. The molecule has 1 amide bonds. The van der Waals surface area contributed by atoms with Crippen LogP contribution in [-0.4, -0.2) is 90.8 Å². The molecule has 0 spiro atoms. The van der Waals surface area contributed by atoms with Crippen molar-refractivity contribution in [1.82, 2.24) is 9.80 Å². The summed E-state index contributed by atoms with van der Waals surface area (Å²) in [7, 11) is 1.45. The molecule has 248 valence electrons. The number of amides is 1. The number of morpholine rings is 1. The molecule has 13 heteroatoms. The number of carbonyl (C=O) groups is 2. The van der Waals surface area contributed by atoms with Crippen LogP contribution < -0.4 is 14.2 Å². The molecule has 2 aliphatic rings. The lowest BCUT2D eigenvalue weighted by molar-refractivity contribution is -0.122. The van der Waals surface area contributed by atoms with Crippen LogP contribution in [0.1, 0.15) is 28.8 Å². The molecule has 47 heavy (non-hydrogen) atoms. The van der Waals surface area contributed by atoms with Crippen molar-refractivity contribution in [3.63, 3.8) is 0 Å². The first-order valence-electron chi connectivity index (χ1n) is 15.1.